The molecule has 26 heavy (non-hydrogen) atoms. The molecule has 2 amide bonds. The van der Waals surface area contributed by atoms with Gasteiger partial charge in [-0.15, -0.1) is 11.3 Å². The van der Waals surface area contributed by atoms with Crippen molar-refractivity contribution < 1.29 is 9.59 Å². The van der Waals surface area contributed by atoms with Crippen LogP contribution in [0.4, 0.5) is 5.69 Å². The highest BCUT2D eigenvalue weighted by Gasteiger charge is 2.30. The van der Waals surface area contributed by atoms with E-state index in [9.17, 15) is 9.59 Å². The van der Waals surface area contributed by atoms with Crippen molar-refractivity contribution in [2.24, 2.45) is 0 Å². The lowest BCUT2D eigenvalue weighted by Crippen LogP contribution is -2.30. The van der Waals surface area contributed by atoms with Crippen LogP contribution in [0.2, 0.25) is 0 Å². The molecule has 1 aromatic carbocycles. The van der Waals surface area contributed by atoms with Gasteiger partial charge in [-0.1, -0.05) is 12.1 Å². The van der Waals surface area contributed by atoms with Gasteiger partial charge in [-0.3, -0.25) is 9.59 Å². The summed E-state index contributed by atoms with van der Waals surface area (Å²) in [6.07, 6.45) is 2.01. The summed E-state index contributed by atoms with van der Waals surface area (Å²) in [6.45, 7) is 0.769. The van der Waals surface area contributed by atoms with Crippen molar-refractivity contribution in [3.8, 4) is 0 Å². The van der Waals surface area contributed by atoms with E-state index in [0.717, 1.165) is 19.4 Å². The van der Waals surface area contributed by atoms with E-state index in [1.807, 2.05) is 34.5 Å². The fourth-order valence-electron chi connectivity index (χ4n) is 3.32. The maximum atomic E-state index is 13.0. The summed E-state index contributed by atoms with van der Waals surface area (Å²) in [7, 11) is 0. The lowest BCUT2D eigenvalue weighted by atomic mass is 10.1. The van der Waals surface area contributed by atoms with Crippen LogP contribution < -0.4 is 5.32 Å². The maximum absolute atomic E-state index is 13.0. The number of nitrogens with one attached hydrogen (secondary N) is 1. The smallest absolute Gasteiger partial charge is 0.265 e. The number of carbonyl (C=O) groups is 2. The minimum atomic E-state index is -0.151. The second-order valence-corrected chi connectivity index (χ2v) is 7.95. The highest BCUT2D eigenvalue weighted by atomic mass is 32.1. The van der Waals surface area contributed by atoms with Crippen molar-refractivity contribution in [3.63, 3.8) is 0 Å². The molecule has 1 aliphatic heterocycles. The van der Waals surface area contributed by atoms with E-state index in [1.54, 1.807) is 23.5 Å². The van der Waals surface area contributed by atoms with Crippen LogP contribution in [0.1, 0.15) is 44.5 Å². The molecule has 3 aromatic rings. The Balaban J connectivity index is 1.52. The Hall–Kier alpha value is -2.44. The Morgan fingerprint density at radius 2 is 2.04 bits per heavy atom. The summed E-state index contributed by atoms with van der Waals surface area (Å²) in [4.78, 5) is 27.9. The molecule has 3 heterocycles. The number of likely N-dealkylation sites (tertiary alicyclic amines) is 1. The average molecular weight is 383 g/mol. The van der Waals surface area contributed by atoms with Gasteiger partial charge in [0.2, 0.25) is 0 Å². The minimum absolute atomic E-state index is 0.0194. The van der Waals surface area contributed by atoms with Crippen molar-refractivity contribution in [1.29, 1.82) is 0 Å². The van der Waals surface area contributed by atoms with Gasteiger partial charge in [0, 0.05) is 17.8 Å². The molecular weight excluding hydrogens is 364 g/mol. The van der Waals surface area contributed by atoms with Gasteiger partial charge in [0.15, 0.2) is 0 Å². The number of benzene rings is 1. The number of nitrogens with zero attached hydrogens (tertiary/aromatic N) is 1. The second kappa shape index (κ2) is 7.43. The molecule has 1 fully saturated rings. The van der Waals surface area contributed by atoms with Crippen molar-refractivity contribution in [2.75, 3.05) is 11.9 Å². The number of amides is 2. The van der Waals surface area contributed by atoms with Crippen molar-refractivity contribution in [1.82, 2.24) is 4.90 Å². The average Bonchev–Trinajstić information content (AvgIpc) is 3.43. The first-order valence-electron chi connectivity index (χ1n) is 8.50. The number of carbonyl (C=O) groups excluding carboxylic acids is 2. The summed E-state index contributed by atoms with van der Waals surface area (Å²) < 4.78 is 0. The SMILES string of the molecule is O=C(Nc1cccc(C(=O)N2CCC[C@@H]2c2ccsc2)c1)c1cccs1. The Kier molecular flexibility index (Phi) is 4.86. The topological polar surface area (TPSA) is 49.4 Å². The first-order chi connectivity index (χ1) is 12.7. The number of hydrogen-bond acceptors (Lipinski definition) is 4. The molecule has 0 bridgehead atoms. The third kappa shape index (κ3) is 3.43. The summed E-state index contributed by atoms with van der Waals surface area (Å²) in [5, 5.41) is 8.91. The Morgan fingerprint density at radius 1 is 1.12 bits per heavy atom. The van der Waals surface area contributed by atoms with Gasteiger partial charge >= 0.3 is 0 Å². The lowest BCUT2D eigenvalue weighted by molar-refractivity contribution is 0.0735. The highest BCUT2D eigenvalue weighted by molar-refractivity contribution is 7.12. The zero-order chi connectivity index (χ0) is 17.9. The molecule has 4 nitrogen and oxygen atoms in total. The molecule has 0 unspecified atom stereocenters. The first kappa shape index (κ1) is 17.0. The number of thiophene rings is 2. The number of anilines is 1. The van der Waals surface area contributed by atoms with Crippen LogP contribution in [0.25, 0.3) is 0 Å². The molecule has 0 radical (unpaired) electrons. The highest BCUT2D eigenvalue weighted by Crippen LogP contribution is 2.34. The van der Waals surface area contributed by atoms with Crippen LogP contribution in [0.15, 0.2) is 58.6 Å². The molecule has 4 rings (SSSR count). The lowest BCUT2D eigenvalue weighted by Gasteiger charge is -2.24. The molecule has 1 atom stereocenters. The molecule has 1 saturated heterocycles. The molecule has 1 aliphatic rings. The predicted molar refractivity (Wildman–Crippen MR) is 106 cm³/mol. The van der Waals surface area contributed by atoms with Gasteiger partial charge in [0.1, 0.15) is 0 Å². The molecule has 1 N–H and O–H groups in total. The van der Waals surface area contributed by atoms with Crippen LogP contribution in [-0.4, -0.2) is 23.3 Å². The molecule has 0 aliphatic carbocycles. The van der Waals surface area contributed by atoms with E-state index in [-0.39, 0.29) is 17.9 Å². The first-order valence-corrected chi connectivity index (χ1v) is 10.3. The van der Waals surface area contributed by atoms with Crippen molar-refractivity contribution >= 4 is 40.2 Å². The standard InChI is InChI=1S/C20H18N2O2S2/c23-19(18-7-3-10-26-18)21-16-5-1-4-14(12-16)20(24)22-9-2-6-17(22)15-8-11-25-13-15/h1,3-5,7-8,10-13,17H,2,6,9H2,(H,21,23)/t17-/m1/s1. The van der Waals surface area contributed by atoms with Crippen LogP contribution in [0.3, 0.4) is 0 Å². The van der Waals surface area contributed by atoms with Crippen molar-refractivity contribution in [2.45, 2.75) is 18.9 Å². The zero-order valence-corrected chi connectivity index (χ0v) is 15.7. The van der Waals surface area contributed by atoms with Crippen LogP contribution in [-0.2, 0) is 0 Å². The zero-order valence-electron chi connectivity index (χ0n) is 14.1. The van der Waals surface area contributed by atoms with Gasteiger partial charge in [-0.25, -0.2) is 0 Å². The third-order valence-electron chi connectivity index (χ3n) is 4.55. The number of rotatable bonds is 4. The molecule has 0 spiro atoms. The number of hydrogen-bond donors (Lipinski definition) is 1. The molecule has 6 heteroatoms. The fraction of sp³-hybridized carbons (Fsp3) is 0.200. The van der Waals surface area contributed by atoms with Gasteiger partial charge in [-0.05, 0) is 64.9 Å². The monoisotopic (exact) mass is 382 g/mol. The Labute approximate surface area is 160 Å². The molecule has 132 valence electrons. The largest absolute Gasteiger partial charge is 0.332 e. The van der Waals surface area contributed by atoms with E-state index in [1.165, 1.54) is 16.9 Å². The van der Waals surface area contributed by atoms with Gasteiger partial charge in [-0.2, -0.15) is 11.3 Å². The van der Waals surface area contributed by atoms with E-state index in [2.05, 4.69) is 22.1 Å². The fourth-order valence-corrected chi connectivity index (χ4v) is 4.64. The van der Waals surface area contributed by atoms with Gasteiger partial charge < -0.3 is 10.2 Å². The summed E-state index contributed by atoms with van der Waals surface area (Å²) in [6, 6.07) is 13.1. The van der Waals surface area contributed by atoms with E-state index in [4.69, 9.17) is 0 Å². The molecule has 0 saturated carbocycles. The van der Waals surface area contributed by atoms with Crippen molar-refractivity contribution in [3.05, 3.63) is 74.6 Å². The van der Waals surface area contributed by atoms with Crippen LogP contribution >= 0.6 is 22.7 Å². The summed E-state index contributed by atoms with van der Waals surface area (Å²) >= 11 is 3.05. The second-order valence-electron chi connectivity index (χ2n) is 6.23. The normalized spacial score (nSPS) is 16.6. The van der Waals surface area contributed by atoms with E-state index < -0.39 is 0 Å². The predicted octanol–water partition coefficient (Wildman–Crippen LogP) is 5.04. The summed E-state index contributed by atoms with van der Waals surface area (Å²) in [5.74, 6) is -0.132. The van der Waals surface area contributed by atoms with E-state index in [0.29, 0.717) is 16.1 Å². The van der Waals surface area contributed by atoms with Crippen LogP contribution in [0, 0.1) is 0 Å². The van der Waals surface area contributed by atoms with Crippen LogP contribution in [0.5, 0.6) is 0 Å². The van der Waals surface area contributed by atoms with Gasteiger partial charge in [0.05, 0.1) is 10.9 Å². The molecular formula is C20H18N2O2S2. The van der Waals surface area contributed by atoms with E-state index >= 15 is 0 Å². The minimum Gasteiger partial charge on any atom is -0.332 e. The Morgan fingerprint density at radius 3 is 2.81 bits per heavy atom. The quantitative estimate of drug-likeness (QED) is 0.687. The third-order valence-corrected chi connectivity index (χ3v) is 6.12. The maximum Gasteiger partial charge on any atom is 0.265 e. The van der Waals surface area contributed by atoms with Gasteiger partial charge in [0.25, 0.3) is 11.8 Å². The Bertz CT molecular complexity index is 904. The molecule has 2 aromatic heterocycles. The summed E-state index contributed by atoms with van der Waals surface area (Å²) in [5.41, 5.74) is 2.46.